The summed E-state index contributed by atoms with van der Waals surface area (Å²) in [5.74, 6) is -0.315. The van der Waals surface area contributed by atoms with Crippen molar-refractivity contribution in [2.75, 3.05) is 10.6 Å². The van der Waals surface area contributed by atoms with E-state index in [1.165, 1.54) is 18.1 Å². The molecule has 0 aliphatic rings. The number of imidazole rings is 1. The number of hydrogen-bond donors (Lipinski definition) is 2. The first kappa shape index (κ1) is 21.3. The number of carbonyl (C=O) groups is 2. The Labute approximate surface area is 187 Å². The fraction of sp³-hybridized carbons (Fsp3) is 0.192. The van der Waals surface area contributed by atoms with Gasteiger partial charge in [0.25, 0.3) is 0 Å². The van der Waals surface area contributed by atoms with Gasteiger partial charge in [-0.1, -0.05) is 18.2 Å². The number of amides is 2. The first-order valence-electron chi connectivity index (χ1n) is 10.5. The monoisotopic (exact) mass is 426 g/mol. The molecule has 2 N–H and O–H groups in total. The van der Waals surface area contributed by atoms with Crippen LogP contribution < -0.4 is 10.6 Å². The summed E-state index contributed by atoms with van der Waals surface area (Å²) in [6.45, 7) is 7.63. The highest BCUT2D eigenvalue weighted by atomic mass is 16.2. The molecule has 32 heavy (non-hydrogen) atoms. The van der Waals surface area contributed by atoms with Gasteiger partial charge in [-0.25, -0.2) is 4.98 Å². The van der Waals surface area contributed by atoms with E-state index in [1.807, 2.05) is 29.7 Å². The van der Waals surface area contributed by atoms with Crippen LogP contribution in [0.4, 0.5) is 11.4 Å². The Morgan fingerprint density at radius 3 is 2.38 bits per heavy atom. The van der Waals surface area contributed by atoms with E-state index in [2.05, 4.69) is 42.7 Å². The van der Waals surface area contributed by atoms with Crippen LogP contribution in [0.2, 0.25) is 0 Å². The van der Waals surface area contributed by atoms with Gasteiger partial charge in [-0.3, -0.25) is 9.59 Å². The predicted octanol–water partition coefficient (Wildman–Crippen LogP) is 5.07. The van der Waals surface area contributed by atoms with Crippen LogP contribution in [0.3, 0.4) is 0 Å². The topological polar surface area (TPSA) is 75.5 Å². The van der Waals surface area contributed by atoms with Crippen molar-refractivity contribution in [2.45, 2.75) is 34.1 Å². The van der Waals surface area contributed by atoms with Crippen molar-refractivity contribution >= 4 is 28.8 Å². The number of benzene rings is 2. The van der Waals surface area contributed by atoms with Crippen molar-refractivity contribution in [1.82, 2.24) is 9.38 Å². The number of carbonyl (C=O) groups excluding carboxylic acids is 2. The van der Waals surface area contributed by atoms with Gasteiger partial charge in [0.2, 0.25) is 11.8 Å². The van der Waals surface area contributed by atoms with E-state index < -0.39 is 0 Å². The van der Waals surface area contributed by atoms with Gasteiger partial charge in [0.05, 0.1) is 17.8 Å². The molecule has 2 amide bonds. The smallest absolute Gasteiger partial charge is 0.230 e. The third-order valence-electron chi connectivity index (χ3n) is 5.46. The molecule has 0 saturated heterocycles. The molecule has 2 aromatic heterocycles. The molecular formula is C26H26N4O2. The van der Waals surface area contributed by atoms with Crippen molar-refractivity contribution in [3.8, 4) is 11.3 Å². The van der Waals surface area contributed by atoms with Crippen LogP contribution in [-0.4, -0.2) is 21.2 Å². The molecule has 0 bridgehead atoms. The molecule has 0 fully saturated rings. The Bertz CT molecular complexity index is 1340. The maximum atomic E-state index is 13.0. The second kappa shape index (κ2) is 8.67. The van der Waals surface area contributed by atoms with Gasteiger partial charge >= 0.3 is 0 Å². The van der Waals surface area contributed by atoms with Gasteiger partial charge in [-0.05, 0) is 73.9 Å². The predicted molar refractivity (Wildman–Crippen MR) is 128 cm³/mol. The summed E-state index contributed by atoms with van der Waals surface area (Å²) < 4.78 is 1.98. The quantitative estimate of drug-likeness (QED) is 0.468. The zero-order valence-corrected chi connectivity index (χ0v) is 18.7. The summed E-state index contributed by atoms with van der Waals surface area (Å²) in [5.41, 5.74) is 8.21. The fourth-order valence-corrected chi connectivity index (χ4v) is 3.72. The minimum absolute atomic E-state index is 0.155. The van der Waals surface area contributed by atoms with Crippen molar-refractivity contribution in [3.63, 3.8) is 0 Å². The number of anilines is 2. The molecule has 4 aromatic rings. The van der Waals surface area contributed by atoms with Crippen molar-refractivity contribution in [2.24, 2.45) is 0 Å². The number of fused-ring (bicyclic) bond motifs is 1. The minimum atomic E-state index is -0.160. The molecule has 0 atom stereocenters. The summed E-state index contributed by atoms with van der Waals surface area (Å²) in [5, 5.41) is 5.67. The summed E-state index contributed by atoms with van der Waals surface area (Å²) >= 11 is 0. The summed E-state index contributed by atoms with van der Waals surface area (Å²) in [7, 11) is 0. The van der Waals surface area contributed by atoms with Gasteiger partial charge < -0.3 is 15.0 Å². The Balaban J connectivity index is 1.68. The van der Waals surface area contributed by atoms with Gasteiger partial charge in [-0.15, -0.1) is 0 Å². The first-order chi connectivity index (χ1) is 15.3. The third kappa shape index (κ3) is 4.54. The third-order valence-corrected chi connectivity index (χ3v) is 5.46. The normalized spacial score (nSPS) is 10.9. The number of rotatable bonds is 5. The molecule has 6 nitrogen and oxygen atoms in total. The van der Waals surface area contributed by atoms with Crippen molar-refractivity contribution in [3.05, 3.63) is 83.2 Å². The standard InChI is InChI=1S/C26H26N4O2/c1-16-10-11-30-23(15-25(32)28-22-7-5-6-21(14-22)27-19(4)31)26(29-24(30)12-16)20-9-8-17(2)18(3)13-20/h5-14H,15H2,1-4H3,(H,27,31)(H,28,32). The summed E-state index contributed by atoms with van der Waals surface area (Å²) in [4.78, 5) is 29.2. The molecule has 0 unspecified atom stereocenters. The van der Waals surface area contributed by atoms with Crippen LogP contribution >= 0.6 is 0 Å². The number of aryl methyl sites for hydroxylation is 3. The van der Waals surface area contributed by atoms with Crippen LogP contribution in [0.5, 0.6) is 0 Å². The lowest BCUT2D eigenvalue weighted by atomic mass is 10.0. The maximum absolute atomic E-state index is 13.0. The van der Waals surface area contributed by atoms with E-state index in [0.29, 0.717) is 11.4 Å². The molecule has 0 radical (unpaired) electrons. The van der Waals surface area contributed by atoms with Gasteiger partial charge in [0, 0.05) is 30.1 Å². The Kier molecular flexibility index (Phi) is 5.77. The van der Waals surface area contributed by atoms with Crippen LogP contribution in [-0.2, 0) is 16.0 Å². The van der Waals surface area contributed by atoms with E-state index in [0.717, 1.165) is 28.2 Å². The van der Waals surface area contributed by atoms with Crippen LogP contribution in [0.15, 0.2) is 60.8 Å². The number of nitrogens with zero attached hydrogens (tertiary/aromatic N) is 2. The molecular weight excluding hydrogens is 400 g/mol. The highest BCUT2D eigenvalue weighted by Crippen LogP contribution is 2.27. The number of hydrogen-bond acceptors (Lipinski definition) is 3. The Morgan fingerprint density at radius 2 is 1.66 bits per heavy atom. The largest absolute Gasteiger partial charge is 0.326 e. The molecule has 162 valence electrons. The summed E-state index contributed by atoms with van der Waals surface area (Å²) in [6.07, 6.45) is 2.12. The summed E-state index contributed by atoms with van der Waals surface area (Å²) in [6, 6.07) is 17.4. The second-order valence-corrected chi connectivity index (χ2v) is 8.13. The molecule has 0 spiro atoms. The highest BCUT2D eigenvalue weighted by molar-refractivity contribution is 5.95. The lowest BCUT2D eigenvalue weighted by molar-refractivity contribution is -0.116. The van der Waals surface area contributed by atoms with Gasteiger partial charge in [-0.2, -0.15) is 0 Å². The van der Waals surface area contributed by atoms with Crippen LogP contribution in [0.1, 0.15) is 29.3 Å². The lowest BCUT2D eigenvalue weighted by Crippen LogP contribution is -2.16. The van der Waals surface area contributed by atoms with E-state index >= 15 is 0 Å². The maximum Gasteiger partial charge on any atom is 0.230 e. The Hall–Kier alpha value is -3.93. The zero-order chi connectivity index (χ0) is 22.8. The molecule has 2 aromatic carbocycles. The Morgan fingerprint density at radius 1 is 0.906 bits per heavy atom. The molecule has 0 saturated carbocycles. The molecule has 6 heteroatoms. The van der Waals surface area contributed by atoms with Crippen LogP contribution in [0.25, 0.3) is 16.9 Å². The highest BCUT2D eigenvalue weighted by Gasteiger charge is 2.18. The second-order valence-electron chi connectivity index (χ2n) is 8.13. The van der Waals surface area contributed by atoms with Crippen molar-refractivity contribution < 1.29 is 9.59 Å². The van der Waals surface area contributed by atoms with E-state index in [9.17, 15) is 9.59 Å². The fourth-order valence-electron chi connectivity index (χ4n) is 3.72. The van der Waals surface area contributed by atoms with Gasteiger partial charge in [0.15, 0.2) is 0 Å². The van der Waals surface area contributed by atoms with E-state index in [-0.39, 0.29) is 18.2 Å². The van der Waals surface area contributed by atoms with Crippen LogP contribution in [0, 0.1) is 20.8 Å². The van der Waals surface area contributed by atoms with E-state index in [4.69, 9.17) is 4.98 Å². The van der Waals surface area contributed by atoms with Crippen molar-refractivity contribution in [1.29, 1.82) is 0 Å². The molecule has 0 aliphatic carbocycles. The minimum Gasteiger partial charge on any atom is -0.326 e. The lowest BCUT2D eigenvalue weighted by Gasteiger charge is -2.10. The first-order valence-corrected chi connectivity index (χ1v) is 10.5. The zero-order valence-electron chi connectivity index (χ0n) is 18.7. The van der Waals surface area contributed by atoms with E-state index in [1.54, 1.807) is 24.3 Å². The molecule has 0 aliphatic heterocycles. The number of nitrogens with one attached hydrogen (secondary N) is 2. The molecule has 2 heterocycles. The van der Waals surface area contributed by atoms with Gasteiger partial charge in [0.1, 0.15) is 5.65 Å². The SMILES string of the molecule is CC(=O)Nc1cccc(NC(=O)Cc2c(-c3ccc(C)c(C)c3)nc3cc(C)ccn23)c1. The number of aromatic nitrogens is 2. The average Bonchev–Trinajstić information content (AvgIpc) is 3.07. The molecule has 4 rings (SSSR count). The average molecular weight is 427 g/mol. The number of pyridine rings is 1.